The first-order valence-corrected chi connectivity index (χ1v) is 9.06. The van der Waals surface area contributed by atoms with Crippen LogP contribution in [-0.4, -0.2) is 21.0 Å². The summed E-state index contributed by atoms with van der Waals surface area (Å²) in [5, 5.41) is 5.31. The van der Waals surface area contributed by atoms with E-state index in [1.54, 1.807) is 0 Å². The Kier molecular flexibility index (Phi) is 4.66. The fourth-order valence-electron chi connectivity index (χ4n) is 1.84. The normalized spacial score (nSPS) is 16.2. The molecule has 1 aliphatic rings. The Hall–Kier alpha value is -0.430. The van der Waals surface area contributed by atoms with Crippen LogP contribution < -0.4 is 10.0 Å². The Balaban J connectivity index is 2.14. The van der Waals surface area contributed by atoms with Gasteiger partial charge in [0.1, 0.15) is 4.90 Å². The Morgan fingerprint density at radius 1 is 1.42 bits per heavy atom. The molecule has 1 saturated carbocycles. The van der Waals surface area contributed by atoms with Gasteiger partial charge >= 0.3 is 0 Å². The molecule has 1 aromatic rings. The monoisotopic (exact) mass is 302 g/mol. The van der Waals surface area contributed by atoms with Crippen molar-refractivity contribution < 1.29 is 8.42 Å². The molecule has 0 unspecified atom stereocenters. The largest absolute Gasteiger partial charge is 0.309 e. The van der Waals surface area contributed by atoms with Crippen molar-refractivity contribution in [3.63, 3.8) is 0 Å². The SMILES string of the molecule is Cc1csc(CNC2CC2)c1S(=O)(=O)NCC(C)C. The van der Waals surface area contributed by atoms with Crippen molar-refractivity contribution in [3.8, 4) is 0 Å². The highest BCUT2D eigenvalue weighted by atomic mass is 32.2. The summed E-state index contributed by atoms with van der Waals surface area (Å²) in [6.07, 6.45) is 2.41. The Labute approximate surface area is 119 Å². The summed E-state index contributed by atoms with van der Waals surface area (Å²) in [4.78, 5) is 1.40. The Bertz CT molecular complexity index is 531. The van der Waals surface area contributed by atoms with Crippen molar-refractivity contribution >= 4 is 21.4 Å². The molecule has 2 N–H and O–H groups in total. The molecule has 1 aromatic heterocycles. The van der Waals surface area contributed by atoms with Crippen LogP contribution in [0.2, 0.25) is 0 Å². The third kappa shape index (κ3) is 4.02. The molecule has 2 rings (SSSR count). The van der Waals surface area contributed by atoms with Crippen molar-refractivity contribution in [1.29, 1.82) is 0 Å². The number of hydrogen-bond acceptors (Lipinski definition) is 4. The molecule has 0 aliphatic heterocycles. The van der Waals surface area contributed by atoms with Crippen molar-refractivity contribution in [2.45, 2.75) is 51.1 Å². The maximum absolute atomic E-state index is 12.4. The minimum absolute atomic E-state index is 0.307. The first-order chi connectivity index (χ1) is 8.90. The van der Waals surface area contributed by atoms with Gasteiger partial charge in [-0.3, -0.25) is 0 Å². The van der Waals surface area contributed by atoms with Gasteiger partial charge in [0.2, 0.25) is 10.0 Å². The van der Waals surface area contributed by atoms with Crippen LogP contribution in [0.1, 0.15) is 37.1 Å². The number of aryl methyl sites for hydroxylation is 1. The number of thiophene rings is 1. The van der Waals surface area contributed by atoms with Crippen LogP contribution in [0.15, 0.2) is 10.3 Å². The van der Waals surface area contributed by atoms with E-state index < -0.39 is 10.0 Å². The minimum atomic E-state index is -3.38. The molecule has 0 radical (unpaired) electrons. The standard InChI is InChI=1S/C13H22N2O2S2/c1-9(2)6-15-19(16,17)13-10(3)8-18-12(13)7-14-11-4-5-11/h8-9,11,14-15H,4-7H2,1-3H3. The molecule has 0 saturated heterocycles. The second-order valence-corrected chi connectivity index (χ2v) is 8.24. The molecule has 1 fully saturated rings. The third-order valence-corrected chi connectivity index (χ3v) is 5.95. The molecule has 6 heteroatoms. The van der Waals surface area contributed by atoms with Crippen LogP contribution in [0.3, 0.4) is 0 Å². The molecule has 0 amide bonds. The average molecular weight is 302 g/mol. The van der Waals surface area contributed by atoms with Crippen molar-refractivity contribution in [2.24, 2.45) is 5.92 Å². The lowest BCUT2D eigenvalue weighted by Crippen LogP contribution is -2.29. The maximum Gasteiger partial charge on any atom is 0.241 e. The summed E-state index contributed by atoms with van der Waals surface area (Å²) in [6.45, 7) is 6.99. The molecule has 1 aliphatic carbocycles. The van der Waals surface area contributed by atoms with E-state index in [2.05, 4.69) is 10.0 Å². The van der Waals surface area contributed by atoms with Gasteiger partial charge in [-0.1, -0.05) is 13.8 Å². The van der Waals surface area contributed by atoms with Gasteiger partial charge < -0.3 is 5.32 Å². The quantitative estimate of drug-likeness (QED) is 0.812. The van der Waals surface area contributed by atoms with E-state index in [1.165, 1.54) is 24.2 Å². The Morgan fingerprint density at radius 2 is 2.11 bits per heavy atom. The Morgan fingerprint density at radius 3 is 2.68 bits per heavy atom. The number of hydrogen-bond donors (Lipinski definition) is 2. The zero-order chi connectivity index (χ0) is 14.0. The van der Waals surface area contributed by atoms with E-state index in [4.69, 9.17) is 0 Å². The molecule has 4 nitrogen and oxygen atoms in total. The zero-order valence-corrected chi connectivity index (χ0v) is 13.3. The van der Waals surface area contributed by atoms with Gasteiger partial charge in [-0.05, 0) is 36.6 Å². The van der Waals surface area contributed by atoms with E-state index in [-0.39, 0.29) is 0 Å². The molecular weight excluding hydrogens is 280 g/mol. The fourth-order valence-corrected chi connectivity index (χ4v) is 4.81. The summed E-state index contributed by atoms with van der Waals surface area (Å²) >= 11 is 1.53. The van der Waals surface area contributed by atoms with Crippen molar-refractivity contribution in [2.75, 3.05) is 6.54 Å². The van der Waals surface area contributed by atoms with Gasteiger partial charge in [-0.25, -0.2) is 13.1 Å². The summed E-state index contributed by atoms with van der Waals surface area (Å²) in [6, 6.07) is 0.585. The highest BCUT2D eigenvalue weighted by Crippen LogP contribution is 2.28. The van der Waals surface area contributed by atoms with Gasteiger partial charge in [-0.2, -0.15) is 0 Å². The summed E-state index contributed by atoms with van der Waals surface area (Å²) < 4.78 is 27.4. The number of rotatable bonds is 7. The predicted octanol–water partition coefficient (Wildman–Crippen LogP) is 2.24. The second kappa shape index (κ2) is 5.91. The van der Waals surface area contributed by atoms with E-state index in [0.29, 0.717) is 29.9 Å². The van der Waals surface area contributed by atoms with E-state index in [9.17, 15) is 8.42 Å². The topological polar surface area (TPSA) is 58.2 Å². The van der Waals surface area contributed by atoms with Crippen LogP contribution in [0.4, 0.5) is 0 Å². The van der Waals surface area contributed by atoms with Crippen LogP contribution in [0, 0.1) is 12.8 Å². The summed E-state index contributed by atoms with van der Waals surface area (Å²) in [5.74, 6) is 0.307. The predicted molar refractivity (Wildman–Crippen MR) is 78.9 cm³/mol. The molecule has 0 atom stereocenters. The number of sulfonamides is 1. The minimum Gasteiger partial charge on any atom is -0.309 e. The molecule has 108 valence electrons. The van der Waals surface area contributed by atoms with E-state index >= 15 is 0 Å². The van der Waals surface area contributed by atoms with Crippen LogP contribution in [0.25, 0.3) is 0 Å². The van der Waals surface area contributed by atoms with Gasteiger partial charge in [0, 0.05) is 24.0 Å². The van der Waals surface area contributed by atoms with Crippen LogP contribution >= 0.6 is 11.3 Å². The molecule has 0 spiro atoms. The lowest BCUT2D eigenvalue weighted by Gasteiger charge is -2.11. The third-order valence-electron chi connectivity index (χ3n) is 3.07. The first kappa shape index (κ1) is 15.0. The lowest BCUT2D eigenvalue weighted by atomic mass is 10.2. The highest BCUT2D eigenvalue weighted by Gasteiger charge is 2.25. The number of nitrogens with one attached hydrogen (secondary N) is 2. The fraction of sp³-hybridized carbons (Fsp3) is 0.692. The summed E-state index contributed by atoms with van der Waals surface area (Å²) in [5.41, 5.74) is 0.842. The smallest absolute Gasteiger partial charge is 0.241 e. The van der Waals surface area contributed by atoms with Crippen molar-refractivity contribution in [1.82, 2.24) is 10.0 Å². The lowest BCUT2D eigenvalue weighted by molar-refractivity contribution is 0.558. The molecular formula is C13H22N2O2S2. The van der Waals surface area contributed by atoms with E-state index in [1.807, 2.05) is 26.2 Å². The average Bonchev–Trinajstić information content (AvgIpc) is 3.07. The van der Waals surface area contributed by atoms with Gasteiger partial charge in [0.05, 0.1) is 0 Å². The van der Waals surface area contributed by atoms with Crippen molar-refractivity contribution in [3.05, 3.63) is 15.8 Å². The first-order valence-electron chi connectivity index (χ1n) is 6.70. The van der Waals surface area contributed by atoms with Gasteiger partial charge in [0.25, 0.3) is 0 Å². The molecule has 1 heterocycles. The van der Waals surface area contributed by atoms with Gasteiger partial charge in [-0.15, -0.1) is 11.3 Å². The second-order valence-electron chi connectivity index (χ2n) is 5.57. The molecule has 0 bridgehead atoms. The van der Waals surface area contributed by atoms with Crippen LogP contribution in [0.5, 0.6) is 0 Å². The maximum atomic E-state index is 12.4. The summed E-state index contributed by atoms with van der Waals surface area (Å²) in [7, 11) is -3.38. The molecule has 19 heavy (non-hydrogen) atoms. The molecule has 0 aromatic carbocycles. The zero-order valence-electron chi connectivity index (χ0n) is 11.7. The van der Waals surface area contributed by atoms with E-state index in [0.717, 1.165) is 10.4 Å². The highest BCUT2D eigenvalue weighted by molar-refractivity contribution is 7.89. The van der Waals surface area contributed by atoms with Crippen LogP contribution in [-0.2, 0) is 16.6 Å². The van der Waals surface area contributed by atoms with Gasteiger partial charge in [0.15, 0.2) is 0 Å².